The summed E-state index contributed by atoms with van der Waals surface area (Å²) in [5.41, 5.74) is -0.224. The van der Waals surface area contributed by atoms with Gasteiger partial charge in [0, 0.05) is 23.1 Å². The number of aliphatic hydroxyl groups is 1. The fourth-order valence-electron chi connectivity index (χ4n) is 3.91. The van der Waals surface area contributed by atoms with Gasteiger partial charge in [-0.15, -0.1) is 0 Å². The molecule has 8 nitrogen and oxygen atoms in total. The molecule has 4 rings (SSSR count). The number of nitrogens with zero attached hydrogens (tertiary/aromatic N) is 1. The lowest BCUT2D eigenvalue weighted by atomic mass is 9.85. The van der Waals surface area contributed by atoms with Gasteiger partial charge >= 0.3 is 5.63 Å². The Kier molecular flexibility index (Phi) is 6.48. The van der Waals surface area contributed by atoms with Gasteiger partial charge in [-0.3, -0.25) is 9.59 Å². The lowest BCUT2D eigenvalue weighted by Crippen LogP contribution is -2.42. The molecular formula is C27H24N2O6. The van der Waals surface area contributed by atoms with E-state index in [2.05, 4.69) is 10.5 Å². The van der Waals surface area contributed by atoms with Crippen molar-refractivity contribution in [3.05, 3.63) is 99.5 Å². The summed E-state index contributed by atoms with van der Waals surface area (Å²) >= 11 is 0. The molecule has 1 aromatic heterocycles. The van der Waals surface area contributed by atoms with Gasteiger partial charge in [0.25, 0.3) is 5.91 Å². The number of anilines is 1. The number of hydrogen-bond donors (Lipinski definition) is 2. The van der Waals surface area contributed by atoms with Crippen molar-refractivity contribution in [3.63, 3.8) is 0 Å². The van der Waals surface area contributed by atoms with Crippen LogP contribution < -0.4 is 15.7 Å². The third-order valence-corrected chi connectivity index (χ3v) is 5.89. The van der Waals surface area contributed by atoms with Gasteiger partial charge in [0.1, 0.15) is 5.75 Å². The molecule has 0 radical (unpaired) electrons. The fraction of sp³-hybridized carbons (Fsp3) is 0.185. The highest BCUT2D eigenvalue weighted by molar-refractivity contribution is 6.00. The minimum Gasteiger partial charge on any atom is -0.497 e. The summed E-state index contributed by atoms with van der Waals surface area (Å²) in [4.78, 5) is 37.2. The van der Waals surface area contributed by atoms with Crippen LogP contribution in [0.25, 0.3) is 10.8 Å². The predicted octanol–water partition coefficient (Wildman–Crippen LogP) is 3.78. The molecule has 0 aliphatic carbocycles. The van der Waals surface area contributed by atoms with Crippen molar-refractivity contribution in [2.24, 2.45) is 0 Å². The van der Waals surface area contributed by atoms with E-state index in [1.807, 2.05) is 0 Å². The predicted molar refractivity (Wildman–Crippen MR) is 131 cm³/mol. The first-order chi connectivity index (χ1) is 16.7. The van der Waals surface area contributed by atoms with Crippen molar-refractivity contribution < 1.29 is 24.0 Å². The van der Waals surface area contributed by atoms with E-state index in [1.165, 1.54) is 20.1 Å². The van der Waals surface area contributed by atoms with Crippen molar-refractivity contribution in [2.75, 3.05) is 12.4 Å². The second-order valence-corrected chi connectivity index (χ2v) is 8.29. The Morgan fingerprint density at radius 1 is 1.06 bits per heavy atom. The highest BCUT2D eigenvalue weighted by Crippen LogP contribution is 2.30. The van der Waals surface area contributed by atoms with E-state index in [-0.39, 0.29) is 12.2 Å². The molecule has 1 heterocycles. The molecule has 0 fully saturated rings. The van der Waals surface area contributed by atoms with Gasteiger partial charge in [0.05, 0.1) is 18.2 Å². The topological polar surface area (TPSA) is 119 Å². The average Bonchev–Trinajstić information content (AvgIpc) is 2.86. The second-order valence-electron chi connectivity index (χ2n) is 8.29. The first-order valence-electron chi connectivity index (χ1n) is 10.9. The molecule has 35 heavy (non-hydrogen) atoms. The van der Waals surface area contributed by atoms with Crippen LogP contribution in [0.2, 0.25) is 0 Å². The lowest BCUT2D eigenvalue weighted by molar-refractivity contribution is -0.135. The number of nitrogens with one attached hydrogen (secondary N) is 1. The standard InChI is InChI=1S/C27H24N2O6/c1-16-24-14-21(11-12-23(24)25(31)35-29-16)28-26(32)27(33,15-18-5-4-6-22(13-18)34-3)20-9-7-19(8-10-20)17(2)30/h4-14,33H,15H2,1-3H3,(H,28,32). The molecular weight excluding hydrogens is 448 g/mol. The van der Waals surface area contributed by atoms with Crippen LogP contribution in [0.15, 0.2) is 76.0 Å². The number of hydrogen-bond acceptors (Lipinski definition) is 7. The number of methoxy groups -OCH3 is 1. The van der Waals surface area contributed by atoms with Crippen LogP contribution in [0.3, 0.4) is 0 Å². The molecule has 178 valence electrons. The lowest BCUT2D eigenvalue weighted by Gasteiger charge is -2.28. The minimum absolute atomic E-state index is 0.0484. The molecule has 0 aliphatic rings. The van der Waals surface area contributed by atoms with E-state index in [0.717, 1.165) is 0 Å². The van der Waals surface area contributed by atoms with Crippen molar-refractivity contribution >= 4 is 28.2 Å². The summed E-state index contributed by atoms with van der Waals surface area (Å²) in [5, 5.41) is 19.1. The quantitative estimate of drug-likeness (QED) is 0.393. The average molecular weight is 472 g/mol. The molecule has 1 unspecified atom stereocenters. The summed E-state index contributed by atoms with van der Waals surface area (Å²) < 4.78 is 10.0. The molecule has 0 aliphatic heterocycles. The van der Waals surface area contributed by atoms with Crippen LogP contribution in [-0.4, -0.2) is 29.1 Å². The fourth-order valence-corrected chi connectivity index (χ4v) is 3.91. The number of carbonyl (C=O) groups excluding carboxylic acids is 2. The molecule has 3 aromatic carbocycles. The number of fused-ring (bicyclic) bond motifs is 1. The number of carbonyl (C=O) groups is 2. The smallest absolute Gasteiger partial charge is 0.366 e. The van der Waals surface area contributed by atoms with E-state index in [1.54, 1.807) is 67.6 Å². The van der Waals surface area contributed by atoms with Gasteiger partial charge in [-0.2, -0.15) is 0 Å². The largest absolute Gasteiger partial charge is 0.497 e. The Hall–Kier alpha value is -4.30. The van der Waals surface area contributed by atoms with Crippen LogP contribution in [0.4, 0.5) is 5.69 Å². The number of benzene rings is 3. The SMILES string of the molecule is COc1cccc(CC(O)(C(=O)Nc2ccc3c(=O)onc(C)c3c2)c2ccc(C(C)=O)cc2)c1. The molecule has 0 spiro atoms. The highest BCUT2D eigenvalue weighted by Gasteiger charge is 2.38. The summed E-state index contributed by atoms with van der Waals surface area (Å²) in [7, 11) is 1.54. The molecule has 1 amide bonds. The van der Waals surface area contributed by atoms with E-state index < -0.39 is 17.1 Å². The maximum Gasteiger partial charge on any atom is 0.366 e. The number of amides is 1. The zero-order valence-corrected chi connectivity index (χ0v) is 19.5. The molecule has 1 atom stereocenters. The van der Waals surface area contributed by atoms with Crippen molar-refractivity contribution in [3.8, 4) is 5.75 Å². The summed E-state index contributed by atoms with van der Waals surface area (Å²) in [6.07, 6.45) is -0.0484. The molecule has 0 bridgehead atoms. The second kappa shape index (κ2) is 9.52. The van der Waals surface area contributed by atoms with Gasteiger partial charge in [-0.1, -0.05) is 41.6 Å². The third-order valence-electron chi connectivity index (χ3n) is 5.89. The van der Waals surface area contributed by atoms with Gasteiger partial charge < -0.3 is 19.7 Å². The molecule has 8 heteroatoms. The van der Waals surface area contributed by atoms with Crippen LogP contribution in [0.1, 0.15) is 34.1 Å². The van der Waals surface area contributed by atoms with Gasteiger partial charge in [-0.25, -0.2) is 4.79 Å². The Balaban J connectivity index is 1.74. The Morgan fingerprint density at radius 3 is 2.49 bits per heavy atom. The zero-order valence-electron chi connectivity index (χ0n) is 19.5. The third kappa shape index (κ3) is 4.83. The van der Waals surface area contributed by atoms with Crippen molar-refractivity contribution in [2.45, 2.75) is 25.9 Å². The Labute approximate surface area is 201 Å². The number of aromatic nitrogens is 1. The molecule has 2 N–H and O–H groups in total. The molecule has 4 aromatic rings. The first-order valence-corrected chi connectivity index (χ1v) is 10.9. The van der Waals surface area contributed by atoms with Crippen LogP contribution in [-0.2, 0) is 16.8 Å². The van der Waals surface area contributed by atoms with Crippen LogP contribution in [0.5, 0.6) is 5.75 Å². The van der Waals surface area contributed by atoms with Crippen molar-refractivity contribution in [1.29, 1.82) is 0 Å². The number of ketones is 1. The Bertz CT molecular complexity index is 1480. The monoisotopic (exact) mass is 472 g/mol. The maximum atomic E-state index is 13.5. The number of aryl methyl sites for hydroxylation is 1. The van der Waals surface area contributed by atoms with E-state index in [9.17, 15) is 19.5 Å². The van der Waals surface area contributed by atoms with E-state index >= 15 is 0 Å². The zero-order chi connectivity index (χ0) is 25.2. The summed E-state index contributed by atoms with van der Waals surface area (Å²) in [6.45, 7) is 3.13. The van der Waals surface area contributed by atoms with Crippen molar-refractivity contribution in [1.82, 2.24) is 5.16 Å². The van der Waals surface area contributed by atoms with Gasteiger partial charge in [0.2, 0.25) is 0 Å². The maximum absolute atomic E-state index is 13.5. The van der Waals surface area contributed by atoms with E-state index in [0.29, 0.717) is 44.6 Å². The minimum atomic E-state index is -1.97. The molecule has 0 saturated heterocycles. The van der Waals surface area contributed by atoms with Crippen LogP contribution >= 0.6 is 0 Å². The van der Waals surface area contributed by atoms with Gasteiger partial charge in [0.15, 0.2) is 11.4 Å². The normalized spacial score (nSPS) is 12.7. The molecule has 0 saturated carbocycles. The number of ether oxygens (including phenoxy) is 1. The van der Waals surface area contributed by atoms with Crippen LogP contribution in [0, 0.1) is 6.92 Å². The van der Waals surface area contributed by atoms with Gasteiger partial charge in [-0.05, 0) is 55.3 Å². The summed E-state index contributed by atoms with van der Waals surface area (Å²) in [6, 6.07) is 18.1. The summed E-state index contributed by atoms with van der Waals surface area (Å²) in [5.74, 6) is -0.209. The Morgan fingerprint density at radius 2 is 1.80 bits per heavy atom. The number of rotatable bonds is 7. The van der Waals surface area contributed by atoms with E-state index in [4.69, 9.17) is 9.26 Å². The first kappa shape index (κ1) is 23.8. The highest BCUT2D eigenvalue weighted by atomic mass is 16.5. The number of Topliss-reactive ketones (excluding diaryl/α,β-unsaturated/α-hetero) is 1.